The monoisotopic (exact) mass is 353 g/mol. The van der Waals surface area contributed by atoms with Gasteiger partial charge in [-0.05, 0) is 56.0 Å². The molecule has 2 aromatic carbocycles. The van der Waals surface area contributed by atoms with E-state index in [0.29, 0.717) is 23.7 Å². The third-order valence-corrected chi connectivity index (χ3v) is 4.25. The fraction of sp³-hybridized carbons (Fsp3) is 0.364. The number of nitrogens with one attached hydrogen (secondary N) is 1. The van der Waals surface area contributed by atoms with Crippen molar-refractivity contribution in [1.82, 2.24) is 5.32 Å². The second kappa shape index (κ2) is 9.18. The van der Waals surface area contributed by atoms with Gasteiger partial charge in [0, 0.05) is 11.1 Å². The maximum absolute atomic E-state index is 12.4. The van der Waals surface area contributed by atoms with Crippen LogP contribution in [0, 0.1) is 5.92 Å². The van der Waals surface area contributed by atoms with Crippen LogP contribution in [-0.2, 0) is 0 Å². The highest BCUT2D eigenvalue weighted by atomic mass is 16.5. The van der Waals surface area contributed by atoms with Gasteiger partial charge in [-0.2, -0.15) is 0 Å². The average molecular weight is 353 g/mol. The van der Waals surface area contributed by atoms with Crippen molar-refractivity contribution in [3.05, 3.63) is 65.2 Å². The van der Waals surface area contributed by atoms with Crippen molar-refractivity contribution >= 4 is 11.7 Å². The summed E-state index contributed by atoms with van der Waals surface area (Å²) in [5.74, 6) is 1.28. The molecule has 0 saturated carbocycles. The van der Waals surface area contributed by atoms with Crippen molar-refractivity contribution in [1.29, 1.82) is 0 Å². The van der Waals surface area contributed by atoms with Crippen molar-refractivity contribution in [2.24, 2.45) is 5.92 Å². The highest BCUT2D eigenvalue weighted by Gasteiger charge is 2.12. The van der Waals surface area contributed by atoms with Gasteiger partial charge in [-0.1, -0.05) is 38.1 Å². The summed E-state index contributed by atoms with van der Waals surface area (Å²) in [5.41, 5.74) is 2.15. The quantitative estimate of drug-likeness (QED) is 0.693. The summed E-state index contributed by atoms with van der Waals surface area (Å²) in [7, 11) is 0. The minimum absolute atomic E-state index is 0.0129. The Morgan fingerprint density at radius 3 is 2.04 bits per heavy atom. The van der Waals surface area contributed by atoms with Crippen LogP contribution in [0.15, 0.2) is 48.5 Å². The third kappa shape index (κ3) is 5.73. The van der Waals surface area contributed by atoms with Gasteiger partial charge in [0.15, 0.2) is 5.78 Å². The van der Waals surface area contributed by atoms with E-state index in [-0.39, 0.29) is 17.7 Å². The number of carbonyl (C=O) groups excluding carboxylic acids is 2. The first-order chi connectivity index (χ1) is 12.4. The number of amides is 1. The molecule has 0 bridgehead atoms. The number of benzene rings is 2. The third-order valence-electron chi connectivity index (χ3n) is 4.25. The van der Waals surface area contributed by atoms with Crippen molar-refractivity contribution in [2.75, 3.05) is 6.61 Å². The second-order valence-corrected chi connectivity index (χ2v) is 6.93. The Bertz CT molecular complexity index is 733. The van der Waals surface area contributed by atoms with E-state index in [0.717, 1.165) is 17.7 Å². The molecule has 4 nitrogen and oxygen atoms in total. The zero-order valence-corrected chi connectivity index (χ0v) is 15.9. The highest BCUT2D eigenvalue weighted by Crippen LogP contribution is 2.19. The first kappa shape index (κ1) is 19.7. The van der Waals surface area contributed by atoms with E-state index in [1.165, 1.54) is 6.92 Å². The Hall–Kier alpha value is -2.62. The van der Waals surface area contributed by atoms with Crippen LogP contribution in [0.25, 0.3) is 0 Å². The summed E-state index contributed by atoms with van der Waals surface area (Å²) in [6.07, 6.45) is 1.02. The SMILES string of the molecule is CC(=O)c1ccc(C(=O)NC(C)c2ccc(OCCC(C)C)cc2)cc1. The Balaban J connectivity index is 1.92. The van der Waals surface area contributed by atoms with E-state index >= 15 is 0 Å². The number of ketones is 1. The van der Waals surface area contributed by atoms with Crippen molar-refractivity contribution < 1.29 is 14.3 Å². The number of Topliss-reactive ketones (excluding diaryl/α,β-unsaturated/α-hetero) is 1. The lowest BCUT2D eigenvalue weighted by molar-refractivity contribution is 0.0938. The zero-order valence-electron chi connectivity index (χ0n) is 15.9. The van der Waals surface area contributed by atoms with E-state index in [9.17, 15) is 9.59 Å². The number of rotatable bonds is 8. The lowest BCUT2D eigenvalue weighted by atomic mass is 10.1. The summed E-state index contributed by atoms with van der Waals surface area (Å²) in [4.78, 5) is 23.7. The summed E-state index contributed by atoms with van der Waals surface area (Å²) < 4.78 is 5.72. The first-order valence-electron chi connectivity index (χ1n) is 9.01. The van der Waals surface area contributed by atoms with E-state index in [1.54, 1.807) is 24.3 Å². The van der Waals surface area contributed by atoms with Gasteiger partial charge in [0.1, 0.15) is 5.75 Å². The molecule has 1 atom stereocenters. The van der Waals surface area contributed by atoms with Crippen LogP contribution in [0.3, 0.4) is 0 Å². The van der Waals surface area contributed by atoms with Gasteiger partial charge >= 0.3 is 0 Å². The number of carbonyl (C=O) groups is 2. The highest BCUT2D eigenvalue weighted by molar-refractivity contribution is 5.97. The molecule has 2 aromatic rings. The van der Waals surface area contributed by atoms with Crippen molar-refractivity contribution in [3.63, 3.8) is 0 Å². The fourth-order valence-corrected chi connectivity index (χ4v) is 2.48. The Morgan fingerprint density at radius 2 is 1.50 bits per heavy atom. The largest absolute Gasteiger partial charge is 0.494 e. The summed E-state index contributed by atoms with van der Waals surface area (Å²) in [5, 5.41) is 2.97. The van der Waals surface area contributed by atoms with Crippen LogP contribution in [0.2, 0.25) is 0 Å². The number of hydrogen-bond acceptors (Lipinski definition) is 3. The molecule has 1 unspecified atom stereocenters. The molecule has 1 amide bonds. The van der Waals surface area contributed by atoms with Crippen LogP contribution in [-0.4, -0.2) is 18.3 Å². The Kier molecular flexibility index (Phi) is 6.96. The average Bonchev–Trinajstić information content (AvgIpc) is 2.62. The van der Waals surface area contributed by atoms with Crippen LogP contribution in [0.1, 0.15) is 66.4 Å². The van der Waals surface area contributed by atoms with Crippen molar-refractivity contribution in [2.45, 2.75) is 40.2 Å². The van der Waals surface area contributed by atoms with Crippen LogP contribution in [0.4, 0.5) is 0 Å². The minimum Gasteiger partial charge on any atom is -0.494 e. The molecule has 0 aromatic heterocycles. The second-order valence-electron chi connectivity index (χ2n) is 6.93. The van der Waals surface area contributed by atoms with E-state index in [4.69, 9.17) is 4.74 Å². The van der Waals surface area contributed by atoms with Crippen LogP contribution in [0.5, 0.6) is 5.75 Å². The fourth-order valence-electron chi connectivity index (χ4n) is 2.48. The molecule has 0 heterocycles. The summed E-state index contributed by atoms with van der Waals surface area (Å²) >= 11 is 0. The van der Waals surface area contributed by atoms with Crippen LogP contribution >= 0.6 is 0 Å². The summed E-state index contributed by atoms with van der Waals surface area (Å²) in [6, 6.07) is 14.4. The smallest absolute Gasteiger partial charge is 0.251 e. The van der Waals surface area contributed by atoms with Gasteiger partial charge in [0.2, 0.25) is 0 Å². The normalized spacial score (nSPS) is 11.9. The van der Waals surface area contributed by atoms with Gasteiger partial charge < -0.3 is 10.1 Å². The Morgan fingerprint density at radius 1 is 0.923 bits per heavy atom. The molecule has 138 valence electrons. The van der Waals surface area contributed by atoms with Gasteiger partial charge in [-0.3, -0.25) is 9.59 Å². The standard InChI is InChI=1S/C22H27NO3/c1-15(2)13-14-26-21-11-9-18(10-12-21)16(3)23-22(25)20-7-5-19(6-8-20)17(4)24/h5-12,15-16H,13-14H2,1-4H3,(H,23,25). The molecule has 26 heavy (non-hydrogen) atoms. The maximum atomic E-state index is 12.4. The van der Waals surface area contributed by atoms with Crippen LogP contribution < -0.4 is 10.1 Å². The van der Waals surface area contributed by atoms with E-state index < -0.39 is 0 Å². The molecule has 0 aliphatic carbocycles. The van der Waals surface area contributed by atoms with Gasteiger partial charge in [0.25, 0.3) is 5.91 Å². The first-order valence-corrected chi connectivity index (χ1v) is 9.01. The molecule has 0 saturated heterocycles. The van der Waals surface area contributed by atoms with Gasteiger partial charge in [0.05, 0.1) is 12.6 Å². The van der Waals surface area contributed by atoms with E-state index in [2.05, 4.69) is 19.2 Å². The van der Waals surface area contributed by atoms with Gasteiger partial charge in [-0.15, -0.1) is 0 Å². The molecule has 4 heteroatoms. The maximum Gasteiger partial charge on any atom is 0.251 e. The predicted molar refractivity (Wildman–Crippen MR) is 104 cm³/mol. The lowest BCUT2D eigenvalue weighted by Gasteiger charge is -2.15. The topological polar surface area (TPSA) is 55.4 Å². The predicted octanol–water partition coefficient (Wildman–Crippen LogP) is 4.81. The van der Waals surface area contributed by atoms with Gasteiger partial charge in [-0.25, -0.2) is 0 Å². The molecule has 2 rings (SSSR count). The number of hydrogen-bond donors (Lipinski definition) is 1. The molecular formula is C22H27NO3. The molecule has 1 N–H and O–H groups in total. The lowest BCUT2D eigenvalue weighted by Crippen LogP contribution is -2.26. The molecule has 0 aliphatic rings. The minimum atomic E-state index is -0.162. The van der Waals surface area contributed by atoms with Crippen molar-refractivity contribution in [3.8, 4) is 5.75 Å². The zero-order chi connectivity index (χ0) is 19.1. The van der Waals surface area contributed by atoms with E-state index in [1.807, 2.05) is 31.2 Å². The summed E-state index contributed by atoms with van der Waals surface area (Å²) in [6.45, 7) is 8.50. The molecular weight excluding hydrogens is 326 g/mol. The molecule has 0 fully saturated rings. The Labute approximate surface area is 155 Å². The molecule has 0 spiro atoms. The molecule has 0 aliphatic heterocycles. The molecule has 0 radical (unpaired) electrons. The number of ether oxygens (including phenoxy) is 1.